The average Bonchev–Trinajstić information content (AvgIpc) is 2.87. The standard InChI is InChI=1S/C14H13F2N3O.C2HF3O2/c15-9-1-8-2-12(18-11(8)3-10(9)16)13(20)19-6-14(7-19)4-17-5-14;3-2(4,5)1(6)7/h1-3,17-18H,4-7H2;(H,6,7). The number of likely N-dealkylation sites (tertiary alicyclic amines) is 1. The summed E-state index contributed by atoms with van der Waals surface area (Å²) in [5.74, 6) is -4.69. The highest BCUT2D eigenvalue weighted by Gasteiger charge is 2.49. The number of aliphatic carboxylic acids is 1. The summed E-state index contributed by atoms with van der Waals surface area (Å²) in [4.78, 5) is 25.8. The Labute approximate surface area is 148 Å². The average molecular weight is 391 g/mol. The second kappa shape index (κ2) is 6.48. The molecule has 3 N–H and O–H groups in total. The van der Waals surface area contributed by atoms with E-state index < -0.39 is 23.8 Å². The van der Waals surface area contributed by atoms with E-state index >= 15 is 0 Å². The van der Waals surface area contributed by atoms with Crippen molar-refractivity contribution in [3.8, 4) is 0 Å². The Morgan fingerprint density at radius 3 is 2.11 bits per heavy atom. The van der Waals surface area contributed by atoms with Gasteiger partial charge in [0.25, 0.3) is 5.91 Å². The first-order valence-electron chi connectivity index (χ1n) is 7.79. The van der Waals surface area contributed by atoms with E-state index in [2.05, 4.69) is 10.3 Å². The van der Waals surface area contributed by atoms with Gasteiger partial charge in [-0.1, -0.05) is 0 Å². The molecule has 1 aromatic carbocycles. The third-order valence-electron chi connectivity index (χ3n) is 4.47. The molecule has 11 heteroatoms. The molecule has 1 spiro atoms. The summed E-state index contributed by atoms with van der Waals surface area (Å²) in [6, 6.07) is 3.75. The molecule has 0 atom stereocenters. The van der Waals surface area contributed by atoms with Crippen molar-refractivity contribution in [2.45, 2.75) is 6.18 Å². The van der Waals surface area contributed by atoms with Crippen LogP contribution in [0.25, 0.3) is 10.9 Å². The summed E-state index contributed by atoms with van der Waals surface area (Å²) < 4.78 is 58.0. The summed E-state index contributed by atoms with van der Waals surface area (Å²) in [6.07, 6.45) is -5.08. The molecule has 3 heterocycles. The molecule has 0 saturated carbocycles. The third kappa shape index (κ3) is 3.72. The van der Waals surface area contributed by atoms with Gasteiger partial charge in [0.1, 0.15) is 5.69 Å². The number of aromatic amines is 1. The fraction of sp³-hybridized carbons (Fsp3) is 0.375. The minimum Gasteiger partial charge on any atom is -0.475 e. The number of halogens is 5. The highest BCUT2D eigenvalue weighted by Crippen LogP contribution is 2.35. The van der Waals surface area contributed by atoms with E-state index in [4.69, 9.17) is 9.90 Å². The number of carboxylic acids is 1. The minimum atomic E-state index is -5.08. The molecular formula is C16H14F5N3O3. The zero-order valence-corrected chi connectivity index (χ0v) is 13.7. The van der Waals surface area contributed by atoms with Crippen LogP contribution < -0.4 is 5.32 Å². The second-order valence-corrected chi connectivity index (χ2v) is 6.60. The SMILES string of the molecule is O=C(O)C(F)(F)F.O=C(c1cc2cc(F)c(F)cc2[nH]1)N1CC2(CNC2)C1. The van der Waals surface area contributed by atoms with Crippen LogP contribution in [0.2, 0.25) is 0 Å². The van der Waals surface area contributed by atoms with Gasteiger partial charge in [-0.15, -0.1) is 0 Å². The first-order chi connectivity index (χ1) is 12.5. The van der Waals surface area contributed by atoms with Crippen molar-refractivity contribution >= 4 is 22.8 Å². The van der Waals surface area contributed by atoms with Crippen LogP contribution in [0.3, 0.4) is 0 Å². The molecule has 2 aromatic rings. The van der Waals surface area contributed by atoms with Crippen molar-refractivity contribution in [3.05, 3.63) is 35.5 Å². The predicted octanol–water partition coefficient (Wildman–Crippen LogP) is 2.12. The van der Waals surface area contributed by atoms with E-state index in [0.29, 0.717) is 16.6 Å². The number of carboxylic acid groups (broad SMARTS) is 1. The van der Waals surface area contributed by atoms with Gasteiger partial charge in [-0.3, -0.25) is 4.79 Å². The summed E-state index contributed by atoms with van der Waals surface area (Å²) in [5, 5.41) is 10.8. The summed E-state index contributed by atoms with van der Waals surface area (Å²) in [6.45, 7) is 3.41. The smallest absolute Gasteiger partial charge is 0.475 e. The number of benzene rings is 1. The van der Waals surface area contributed by atoms with Crippen LogP contribution in [0.5, 0.6) is 0 Å². The molecule has 2 aliphatic heterocycles. The molecule has 27 heavy (non-hydrogen) atoms. The fourth-order valence-electron chi connectivity index (χ4n) is 3.02. The van der Waals surface area contributed by atoms with Gasteiger partial charge >= 0.3 is 12.1 Å². The molecule has 0 bridgehead atoms. The molecule has 0 aliphatic carbocycles. The van der Waals surface area contributed by atoms with Crippen molar-refractivity contribution in [1.82, 2.24) is 15.2 Å². The lowest BCUT2D eigenvalue weighted by molar-refractivity contribution is -0.192. The lowest BCUT2D eigenvalue weighted by Gasteiger charge is -2.55. The Kier molecular flexibility index (Phi) is 4.58. The van der Waals surface area contributed by atoms with Crippen molar-refractivity contribution in [2.75, 3.05) is 26.2 Å². The molecule has 0 unspecified atom stereocenters. The van der Waals surface area contributed by atoms with Gasteiger partial charge in [-0.2, -0.15) is 13.2 Å². The van der Waals surface area contributed by atoms with Crippen molar-refractivity contribution in [1.29, 1.82) is 0 Å². The maximum Gasteiger partial charge on any atom is 0.490 e. The minimum absolute atomic E-state index is 0.112. The molecular weight excluding hydrogens is 377 g/mol. The van der Waals surface area contributed by atoms with E-state index in [0.717, 1.165) is 38.3 Å². The van der Waals surface area contributed by atoms with E-state index in [1.807, 2.05) is 0 Å². The van der Waals surface area contributed by atoms with Gasteiger partial charge < -0.3 is 20.3 Å². The van der Waals surface area contributed by atoms with Gasteiger partial charge in [0.15, 0.2) is 11.6 Å². The Hall–Kier alpha value is -2.69. The van der Waals surface area contributed by atoms with E-state index in [9.17, 15) is 26.7 Å². The lowest BCUT2D eigenvalue weighted by atomic mass is 9.74. The van der Waals surface area contributed by atoms with E-state index in [-0.39, 0.29) is 11.3 Å². The summed E-state index contributed by atoms with van der Waals surface area (Å²) in [7, 11) is 0. The van der Waals surface area contributed by atoms with Crippen LogP contribution in [-0.2, 0) is 4.79 Å². The maximum absolute atomic E-state index is 13.2. The highest BCUT2D eigenvalue weighted by molar-refractivity contribution is 5.98. The molecule has 6 nitrogen and oxygen atoms in total. The summed E-state index contributed by atoms with van der Waals surface area (Å²) >= 11 is 0. The first kappa shape index (κ1) is 19.1. The van der Waals surface area contributed by atoms with Gasteiger partial charge in [0.05, 0.1) is 0 Å². The number of rotatable bonds is 1. The lowest BCUT2D eigenvalue weighted by Crippen LogP contribution is -2.71. The first-order valence-corrected chi connectivity index (χ1v) is 7.79. The Morgan fingerprint density at radius 2 is 1.63 bits per heavy atom. The number of amides is 1. The van der Waals surface area contributed by atoms with Gasteiger partial charge in [0.2, 0.25) is 0 Å². The number of aromatic nitrogens is 1. The van der Waals surface area contributed by atoms with E-state index in [1.165, 1.54) is 0 Å². The largest absolute Gasteiger partial charge is 0.490 e. The number of nitrogens with one attached hydrogen (secondary N) is 2. The molecule has 146 valence electrons. The molecule has 2 saturated heterocycles. The zero-order chi connectivity index (χ0) is 20.0. The quantitative estimate of drug-likeness (QED) is 0.651. The highest BCUT2D eigenvalue weighted by atomic mass is 19.4. The normalized spacial score (nSPS) is 17.7. The van der Waals surface area contributed by atoms with Crippen molar-refractivity contribution in [3.63, 3.8) is 0 Å². The number of fused-ring (bicyclic) bond motifs is 1. The number of H-pyrrole nitrogens is 1. The van der Waals surface area contributed by atoms with Crippen molar-refractivity contribution < 1.29 is 36.6 Å². The number of carbonyl (C=O) groups is 2. The molecule has 2 aliphatic rings. The number of hydrogen-bond acceptors (Lipinski definition) is 3. The van der Waals surface area contributed by atoms with Crippen LogP contribution in [-0.4, -0.2) is 59.2 Å². The zero-order valence-electron chi connectivity index (χ0n) is 13.7. The van der Waals surface area contributed by atoms with Gasteiger partial charge in [-0.25, -0.2) is 13.6 Å². The Balaban J connectivity index is 0.000000260. The number of hydrogen-bond donors (Lipinski definition) is 3. The van der Waals surface area contributed by atoms with Crippen LogP contribution >= 0.6 is 0 Å². The maximum atomic E-state index is 13.2. The molecule has 4 rings (SSSR count). The molecule has 0 radical (unpaired) electrons. The van der Waals surface area contributed by atoms with Crippen LogP contribution in [0.15, 0.2) is 18.2 Å². The second-order valence-electron chi connectivity index (χ2n) is 6.60. The van der Waals surface area contributed by atoms with Crippen LogP contribution in [0.4, 0.5) is 22.0 Å². The van der Waals surface area contributed by atoms with Crippen molar-refractivity contribution in [2.24, 2.45) is 5.41 Å². The summed E-state index contributed by atoms with van der Waals surface area (Å²) in [5.41, 5.74) is 1.08. The monoisotopic (exact) mass is 391 g/mol. The third-order valence-corrected chi connectivity index (χ3v) is 4.47. The Bertz CT molecular complexity index is 858. The van der Waals surface area contributed by atoms with Gasteiger partial charge in [-0.05, 0) is 12.1 Å². The molecule has 1 amide bonds. The van der Waals surface area contributed by atoms with E-state index in [1.54, 1.807) is 11.0 Å². The number of carbonyl (C=O) groups excluding carboxylic acids is 1. The number of alkyl halides is 3. The predicted molar refractivity (Wildman–Crippen MR) is 83.1 cm³/mol. The van der Waals surface area contributed by atoms with Gasteiger partial charge in [0, 0.05) is 48.6 Å². The fourth-order valence-corrected chi connectivity index (χ4v) is 3.02. The van der Waals surface area contributed by atoms with Crippen LogP contribution in [0, 0.1) is 17.0 Å². The Morgan fingerprint density at radius 1 is 1.07 bits per heavy atom. The molecule has 1 aromatic heterocycles. The molecule has 2 fully saturated rings. The topological polar surface area (TPSA) is 85.4 Å². The van der Waals surface area contributed by atoms with Crippen LogP contribution in [0.1, 0.15) is 10.5 Å². The number of nitrogens with zero attached hydrogens (tertiary/aromatic N) is 1.